The summed E-state index contributed by atoms with van der Waals surface area (Å²) in [6.45, 7) is 6.18. The van der Waals surface area contributed by atoms with Crippen LogP contribution in [0.1, 0.15) is 54.2 Å². The van der Waals surface area contributed by atoms with Gasteiger partial charge in [-0.2, -0.15) is 0 Å². The summed E-state index contributed by atoms with van der Waals surface area (Å²) in [5.74, 6) is -0.138. The van der Waals surface area contributed by atoms with Crippen LogP contribution >= 0.6 is 34.9 Å². The van der Waals surface area contributed by atoms with Gasteiger partial charge in [-0.15, -0.1) is 23.1 Å². The van der Waals surface area contributed by atoms with E-state index in [0.717, 1.165) is 45.8 Å². The van der Waals surface area contributed by atoms with Crippen LogP contribution < -0.4 is 11.3 Å². The molecule has 0 saturated carbocycles. The van der Waals surface area contributed by atoms with Crippen LogP contribution in [0, 0.1) is 0 Å². The SMILES string of the molecule is CC(N)SCc1ncccc1Sc1nc2cc(CCc3nc(C(C)C)cs3)ccn2c(=O)c1C=CC(=O)O. The molecule has 0 aromatic carbocycles. The van der Waals surface area contributed by atoms with Crippen LogP contribution in [0.4, 0.5) is 0 Å². The summed E-state index contributed by atoms with van der Waals surface area (Å²) in [6.07, 6.45) is 7.24. The van der Waals surface area contributed by atoms with Crippen molar-refractivity contribution in [2.75, 3.05) is 0 Å². The van der Waals surface area contributed by atoms with Gasteiger partial charge in [0.1, 0.15) is 10.7 Å². The highest BCUT2D eigenvalue weighted by molar-refractivity contribution is 8.00. The van der Waals surface area contributed by atoms with E-state index in [0.29, 0.717) is 22.3 Å². The standard InChI is InChI=1S/C27H29N5O3S3/c1-16(2)20-14-37-24(30-20)8-6-18-10-12-32-23(13-18)31-26(19(27(32)35)7-9-25(33)34)38-22-5-4-11-29-21(22)15-36-17(3)28/h4-5,7,9-14,16-17H,6,8,15,28H2,1-3H3,(H,33,34). The lowest BCUT2D eigenvalue weighted by Crippen LogP contribution is -2.19. The molecule has 0 fully saturated rings. The van der Waals surface area contributed by atoms with E-state index in [-0.39, 0.29) is 16.5 Å². The fourth-order valence-corrected chi connectivity index (χ4v) is 6.30. The average Bonchev–Trinajstić information content (AvgIpc) is 3.36. The van der Waals surface area contributed by atoms with Crippen molar-refractivity contribution < 1.29 is 9.90 Å². The third-order valence-electron chi connectivity index (χ3n) is 5.61. The largest absolute Gasteiger partial charge is 0.478 e. The number of fused-ring (bicyclic) bond motifs is 1. The zero-order valence-electron chi connectivity index (χ0n) is 21.3. The Kier molecular flexibility index (Phi) is 9.37. The lowest BCUT2D eigenvalue weighted by Gasteiger charge is -2.12. The molecule has 0 radical (unpaired) electrons. The third kappa shape index (κ3) is 7.10. The van der Waals surface area contributed by atoms with Gasteiger partial charge in [-0.1, -0.05) is 25.6 Å². The Morgan fingerprint density at radius 3 is 2.76 bits per heavy atom. The Morgan fingerprint density at radius 2 is 2.05 bits per heavy atom. The van der Waals surface area contributed by atoms with Gasteiger partial charge in [0.05, 0.1) is 22.0 Å². The number of carboxylic acids is 1. The number of aryl methyl sites for hydroxylation is 2. The summed E-state index contributed by atoms with van der Waals surface area (Å²) < 4.78 is 1.45. The van der Waals surface area contributed by atoms with E-state index >= 15 is 0 Å². The number of carbonyl (C=O) groups is 1. The first kappa shape index (κ1) is 28.0. The number of aliphatic carboxylic acids is 1. The first-order chi connectivity index (χ1) is 18.2. The Labute approximate surface area is 233 Å². The quantitative estimate of drug-likeness (QED) is 0.142. The van der Waals surface area contributed by atoms with E-state index in [1.807, 2.05) is 31.2 Å². The molecule has 198 valence electrons. The maximum Gasteiger partial charge on any atom is 0.328 e. The molecule has 8 nitrogen and oxygen atoms in total. The van der Waals surface area contributed by atoms with Gasteiger partial charge in [-0.3, -0.25) is 14.2 Å². The number of nitrogens with zero attached hydrogens (tertiary/aromatic N) is 4. The summed E-state index contributed by atoms with van der Waals surface area (Å²) in [7, 11) is 0. The summed E-state index contributed by atoms with van der Waals surface area (Å²) in [5.41, 5.74) is 9.26. The van der Waals surface area contributed by atoms with E-state index < -0.39 is 5.97 Å². The Balaban J connectivity index is 1.69. The molecule has 4 rings (SSSR count). The molecule has 3 N–H and O–H groups in total. The van der Waals surface area contributed by atoms with Crippen LogP contribution in [0.2, 0.25) is 0 Å². The molecular formula is C27H29N5O3S3. The molecule has 0 aliphatic heterocycles. The average molecular weight is 568 g/mol. The number of carboxylic acid groups (broad SMARTS) is 1. The number of nitrogens with two attached hydrogens (primary N) is 1. The molecule has 0 aliphatic carbocycles. The maximum atomic E-state index is 13.4. The zero-order valence-corrected chi connectivity index (χ0v) is 23.8. The lowest BCUT2D eigenvalue weighted by molar-refractivity contribution is -0.131. The molecule has 1 unspecified atom stereocenters. The number of thiazole rings is 1. The van der Waals surface area contributed by atoms with Gasteiger partial charge in [0, 0.05) is 46.3 Å². The highest BCUT2D eigenvalue weighted by Gasteiger charge is 2.16. The number of hydrogen-bond donors (Lipinski definition) is 2. The normalized spacial score (nSPS) is 12.6. The summed E-state index contributed by atoms with van der Waals surface area (Å²) in [6, 6.07) is 7.54. The van der Waals surface area contributed by atoms with Crippen LogP contribution in [0.25, 0.3) is 11.7 Å². The van der Waals surface area contributed by atoms with Crippen LogP contribution in [0.5, 0.6) is 0 Å². The minimum atomic E-state index is -1.14. The minimum absolute atomic E-state index is 0.0490. The molecule has 0 spiro atoms. The third-order valence-corrected chi connectivity index (χ3v) is 8.60. The van der Waals surface area contributed by atoms with Crippen LogP contribution in [0.15, 0.2) is 62.8 Å². The fraction of sp³-hybridized carbons (Fsp3) is 0.296. The van der Waals surface area contributed by atoms with Crippen molar-refractivity contribution in [3.8, 4) is 0 Å². The zero-order chi connectivity index (χ0) is 27.2. The van der Waals surface area contributed by atoms with E-state index in [2.05, 4.69) is 24.2 Å². The van der Waals surface area contributed by atoms with Gasteiger partial charge in [-0.25, -0.2) is 14.8 Å². The van der Waals surface area contributed by atoms with Crippen LogP contribution in [-0.2, 0) is 23.4 Å². The predicted molar refractivity (Wildman–Crippen MR) is 155 cm³/mol. The van der Waals surface area contributed by atoms with Crippen molar-refractivity contribution >= 4 is 52.6 Å². The molecule has 0 bridgehead atoms. The lowest BCUT2D eigenvalue weighted by atomic mass is 10.1. The van der Waals surface area contributed by atoms with E-state index in [9.17, 15) is 14.7 Å². The first-order valence-electron chi connectivity index (χ1n) is 12.1. The van der Waals surface area contributed by atoms with Crippen LogP contribution in [-0.4, -0.2) is 35.8 Å². The number of aromatic nitrogens is 4. The smallest absolute Gasteiger partial charge is 0.328 e. The molecule has 11 heteroatoms. The van der Waals surface area contributed by atoms with Crippen molar-refractivity contribution in [3.05, 3.63) is 86.0 Å². The van der Waals surface area contributed by atoms with Gasteiger partial charge in [-0.05, 0) is 55.2 Å². The van der Waals surface area contributed by atoms with Crippen molar-refractivity contribution in [2.24, 2.45) is 5.73 Å². The van der Waals surface area contributed by atoms with Crippen molar-refractivity contribution in [3.63, 3.8) is 0 Å². The first-order valence-corrected chi connectivity index (χ1v) is 14.8. The monoisotopic (exact) mass is 567 g/mol. The Hall–Kier alpha value is -2.99. The van der Waals surface area contributed by atoms with Gasteiger partial charge >= 0.3 is 5.97 Å². The topological polar surface area (TPSA) is 123 Å². The van der Waals surface area contributed by atoms with Crippen molar-refractivity contribution in [1.29, 1.82) is 0 Å². The van der Waals surface area contributed by atoms with Crippen molar-refractivity contribution in [1.82, 2.24) is 19.4 Å². The second kappa shape index (κ2) is 12.7. The van der Waals surface area contributed by atoms with Gasteiger partial charge in [0.2, 0.25) is 0 Å². The number of hydrogen-bond acceptors (Lipinski definition) is 9. The Morgan fingerprint density at radius 1 is 1.24 bits per heavy atom. The van der Waals surface area contributed by atoms with E-state index in [4.69, 9.17) is 15.7 Å². The van der Waals surface area contributed by atoms with E-state index in [1.54, 1.807) is 35.5 Å². The molecule has 4 aromatic rings. The molecule has 0 saturated heterocycles. The number of thioether (sulfide) groups is 1. The summed E-state index contributed by atoms with van der Waals surface area (Å²) in [5, 5.41) is 12.8. The fourth-order valence-electron chi connectivity index (χ4n) is 3.60. The van der Waals surface area contributed by atoms with Crippen molar-refractivity contribution in [2.45, 2.75) is 60.6 Å². The molecule has 4 heterocycles. The molecular weight excluding hydrogens is 539 g/mol. The molecule has 0 aliphatic rings. The van der Waals surface area contributed by atoms with Gasteiger partial charge in [0.25, 0.3) is 5.56 Å². The van der Waals surface area contributed by atoms with Crippen LogP contribution in [0.3, 0.4) is 0 Å². The predicted octanol–water partition coefficient (Wildman–Crippen LogP) is 5.24. The summed E-state index contributed by atoms with van der Waals surface area (Å²) in [4.78, 5) is 39.5. The second-order valence-electron chi connectivity index (χ2n) is 8.96. The molecule has 1 atom stereocenters. The maximum absolute atomic E-state index is 13.4. The minimum Gasteiger partial charge on any atom is -0.478 e. The second-order valence-corrected chi connectivity index (χ2v) is 12.3. The highest BCUT2D eigenvalue weighted by Crippen LogP contribution is 2.32. The van der Waals surface area contributed by atoms with Gasteiger partial charge < -0.3 is 10.8 Å². The molecule has 0 amide bonds. The number of rotatable bonds is 11. The van der Waals surface area contributed by atoms with E-state index in [1.165, 1.54) is 22.2 Å². The highest BCUT2D eigenvalue weighted by atomic mass is 32.2. The molecule has 4 aromatic heterocycles. The van der Waals surface area contributed by atoms with Gasteiger partial charge in [0.15, 0.2) is 0 Å². The number of pyridine rings is 2. The summed E-state index contributed by atoms with van der Waals surface area (Å²) >= 11 is 4.53. The Bertz CT molecular complexity index is 1530. The molecule has 38 heavy (non-hydrogen) atoms.